The molecule has 1 amide bonds. The maximum atomic E-state index is 13.0. The molecule has 12 heteroatoms. The van der Waals surface area contributed by atoms with Gasteiger partial charge < -0.3 is 10.6 Å². The molecule has 4 rings (SSSR count). The third kappa shape index (κ3) is 3.96. The first-order chi connectivity index (χ1) is 15.3. The molecule has 1 aliphatic heterocycles. The molecule has 0 unspecified atom stereocenters. The van der Waals surface area contributed by atoms with Crippen molar-refractivity contribution in [2.75, 3.05) is 11.1 Å². The van der Waals surface area contributed by atoms with Gasteiger partial charge in [0.25, 0.3) is 5.91 Å². The first kappa shape index (κ1) is 23.1. The monoisotopic (exact) mass is 481 g/mol. The van der Waals surface area contributed by atoms with Gasteiger partial charge in [0.2, 0.25) is 0 Å². The largest absolute Gasteiger partial charge is 0.434 e. The number of benzene rings is 1. The average Bonchev–Trinajstić information content (AvgIpc) is 2.72. The molecular formula is C21H22F3N5O3S. The van der Waals surface area contributed by atoms with Gasteiger partial charge in [0, 0.05) is 5.69 Å². The van der Waals surface area contributed by atoms with Crippen LogP contribution in [-0.4, -0.2) is 40.6 Å². The molecule has 176 valence electrons. The number of rotatable bonds is 2. The van der Waals surface area contributed by atoms with E-state index in [1.807, 2.05) is 0 Å². The van der Waals surface area contributed by atoms with Gasteiger partial charge in [-0.3, -0.25) is 10.2 Å². The Morgan fingerprint density at radius 3 is 2.55 bits per heavy atom. The summed E-state index contributed by atoms with van der Waals surface area (Å²) < 4.78 is 62.7. The molecule has 1 atom stereocenters. The minimum absolute atomic E-state index is 0.0870. The number of aryl methyl sites for hydroxylation is 1. The molecule has 8 nitrogen and oxygen atoms in total. The van der Waals surface area contributed by atoms with Crippen LogP contribution in [0.1, 0.15) is 54.0 Å². The zero-order chi connectivity index (χ0) is 24.2. The summed E-state index contributed by atoms with van der Waals surface area (Å²) in [5.74, 6) is -1.03. The third-order valence-corrected chi connectivity index (χ3v) is 8.92. The van der Waals surface area contributed by atoms with Gasteiger partial charge in [-0.1, -0.05) is 6.07 Å². The van der Waals surface area contributed by atoms with E-state index in [0.717, 1.165) is 18.2 Å². The lowest BCUT2D eigenvalue weighted by Crippen LogP contribution is -2.65. The van der Waals surface area contributed by atoms with Gasteiger partial charge in [0.1, 0.15) is 16.3 Å². The number of nitrogens with one attached hydrogen (secondary N) is 3. The number of fused-ring (bicyclic) bond motifs is 2. The zero-order valence-electron chi connectivity index (χ0n) is 17.9. The number of aromatic nitrogens is 2. The van der Waals surface area contributed by atoms with E-state index >= 15 is 0 Å². The topological polar surface area (TPSA) is 125 Å². The molecule has 0 radical (unpaired) electrons. The zero-order valence-corrected chi connectivity index (χ0v) is 18.7. The quantitative estimate of drug-likeness (QED) is 0.606. The fourth-order valence-electron chi connectivity index (χ4n) is 4.19. The summed E-state index contributed by atoms with van der Waals surface area (Å²) >= 11 is 0. The number of anilines is 1. The Morgan fingerprint density at radius 2 is 1.94 bits per heavy atom. The molecule has 1 aromatic carbocycles. The lowest BCUT2D eigenvalue weighted by atomic mass is 9.76. The van der Waals surface area contributed by atoms with E-state index in [9.17, 15) is 26.4 Å². The van der Waals surface area contributed by atoms with Crippen molar-refractivity contribution in [2.24, 2.45) is 0 Å². The summed E-state index contributed by atoms with van der Waals surface area (Å²) in [6.45, 7) is 2.99. The molecule has 2 heterocycles. The second-order valence-corrected chi connectivity index (χ2v) is 11.4. The second kappa shape index (κ2) is 7.51. The number of carbonyl (C=O) groups is 1. The van der Waals surface area contributed by atoms with E-state index in [1.54, 1.807) is 18.2 Å². The second-order valence-electron chi connectivity index (χ2n) is 8.82. The SMILES string of the molecule is CC1(C)C(=N)N[C@@]2(CCCc3ccc(NC(=O)c4cnc(C(F)(F)F)cn4)cc32)CS1(=O)=O. The average molecular weight is 482 g/mol. The van der Waals surface area contributed by atoms with E-state index < -0.39 is 37.9 Å². The highest BCUT2D eigenvalue weighted by Gasteiger charge is 2.53. The van der Waals surface area contributed by atoms with Gasteiger partial charge in [0.05, 0.1) is 23.7 Å². The molecule has 2 aromatic rings. The summed E-state index contributed by atoms with van der Waals surface area (Å²) in [6, 6.07) is 5.07. The van der Waals surface area contributed by atoms with E-state index in [-0.39, 0.29) is 17.3 Å². The van der Waals surface area contributed by atoms with E-state index in [0.29, 0.717) is 30.3 Å². The fraction of sp³-hybridized carbons (Fsp3) is 0.429. The standard InChI is InChI=1S/C21H22F3N5O3S/c1-19(2)18(25)29-20(11-33(19,31)32)7-3-4-12-5-6-13(8-14(12)20)28-17(30)15-9-27-16(10-26-15)21(22,23)24/h5-6,8-10H,3-4,7,11H2,1-2H3,(H2,25,29)(H,28,30)/t20-/m0/s1. The Morgan fingerprint density at radius 1 is 1.21 bits per heavy atom. The fourth-order valence-corrected chi connectivity index (χ4v) is 5.93. The highest BCUT2D eigenvalue weighted by molar-refractivity contribution is 7.93. The van der Waals surface area contributed by atoms with Gasteiger partial charge in [-0.2, -0.15) is 13.2 Å². The van der Waals surface area contributed by atoms with Crippen molar-refractivity contribution in [1.82, 2.24) is 15.3 Å². The van der Waals surface area contributed by atoms with E-state index in [2.05, 4.69) is 20.6 Å². The Kier molecular flexibility index (Phi) is 5.26. The maximum Gasteiger partial charge on any atom is 0.434 e. The molecule has 0 saturated carbocycles. The van der Waals surface area contributed by atoms with Crippen molar-refractivity contribution in [3.05, 3.63) is 53.1 Å². The number of nitrogens with zero attached hydrogens (tertiary/aromatic N) is 2. The summed E-state index contributed by atoms with van der Waals surface area (Å²) in [6.07, 6.45) is -1.48. The molecule has 33 heavy (non-hydrogen) atoms. The Hall–Kier alpha value is -3.02. The lowest BCUT2D eigenvalue weighted by molar-refractivity contribution is -0.141. The number of amidine groups is 1. The maximum absolute atomic E-state index is 13.0. The van der Waals surface area contributed by atoms with Gasteiger partial charge in [-0.15, -0.1) is 0 Å². The van der Waals surface area contributed by atoms with Crippen molar-refractivity contribution in [2.45, 2.75) is 49.6 Å². The molecular weight excluding hydrogens is 459 g/mol. The normalized spacial score (nSPS) is 23.5. The van der Waals surface area contributed by atoms with Crippen LogP contribution in [0.5, 0.6) is 0 Å². The van der Waals surface area contributed by atoms with Gasteiger partial charge in [-0.25, -0.2) is 18.4 Å². The Bertz CT molecular complexity index is 1240. The first-order valence-electron chi connectivity index (χ1n) is 10.2. The molecule has 1 aliphatic carbocycles. The third-order valence-electron chi connectivity index (χ3n) is 6.29. The van der Waals surface area contributed by atoms with Crippen LogP contribution in [-0.2, 0) is 28.0 Å². The van der Waals surface area contributed by atoms with Crippen molar-refractivity contribution < 1.29 is 26.4 Å². The summed E-state index contributed by atoms with van der Waals surface area (Å²) in [4.78, 5) is 19.3. The number of amides is 1. The molecule has 2 aliphatic rings. The molecule has 1 aromatic heterocycles. The number of sulfone groups is 1. The summed E-state index contributed by atoms with van der Waals surface area (Å²) in [5.41, 5.74) is -0.578. The van der Waals surface area contributed by atoms with Crippen LogP contribution >= 0.6 is 0 Å². The van der Waals surface area contributed by atoms with Crippen LogP contribution in [0, 0.1) is 5.41 Å². The molecule has 0 bridgehead atoms. The van der Waals surface area contributed by atoms with Gasteiger partial charge in [0.15, 0.2) is 15.5 Å². The summed E-state index contributed by atoms with van der Waals surface area (Å²) in [5, 5.41) is 14.0. The highest BCUT2D eigenvalue weighted by atomic mass is 32.2. The highest BCUT2D eigenvalue weighted by Crippen LogP contribution is 2.42. The van der Waals surface area contributed by atoms with Gasteiger partial charge >= 0.3 is 6.18 Å². The predicted octanol–water partition coefficient (Wildman–Crippen LogP) is 3.05. The summed E-state index contributed by atoms with van der Waals surface area (Å²) in [7, 11) is -3.64. The van der Waals surface area contributed by atoms with E-state index in [1.165, 1.54) is 13.8 Å². The van der Waals surface area contributed by atoms with Crippen LogP contribution in [0.4, 0.5) is 18.9 Å². The Balaban J connectivity index is 1.64. The number of carbonyl (C=O) groups excluding carboxylic acids is 1. The lowest BCUT2D eigenvalue weighted by Gasteiger charge is -2.47. The van der Waals surface area contributed by atoms with Crippen LogP contribution in [0.25, 0.3) is 0 Å². The van der Waals surface area contributed by atoms with E-state index in [4.69, 9.17) is 5.41 Å². The van der Waals surface area contributed by atoms with Crippen molar-refractivity contribution in [3.8, 4) is 0 Å². The van der Waals surface area contributed by atoms with Crippen LogP contribution in [0.2, 0.25) is 0 Å². The molecule has 1 saturated heterocycles. The van der Waals surface area contributed by atoms with Crippen LogP contribution in [0.15, 0.2) is 30.6 Å². The van der Waals surface area contributed by atoms with Crippen LogP contribution < -0.4 is 10.6 Å². The predicted molar refractivity (Wildman–Crippen MR) is 115 cm³/mol. The number of alkyl halides is 3. The molecule has 1 spiro atoms. The minimum atomic E-state index is -4.66. The van der Waals surface area contributed by atoms with Crippen LogP contribution in [0.3, 0.4) is 0 Å². The molecule has 1 fully saturated rings. The number of hydrogen-bond acceptors (Lipinski definition) is 6. The Labute approximate surface area is 188 Å². The first-order valence-corrected chi connectivity index (χ1v) is 11.8. The van der Waals surface area contributed by atoms with Crippen molar-refractivity contribution in [3.63, 3.8) is 0 Å². The van der Waals surface area contributed by atoms with Crippen molar-refractivity contribution >= 4 is 27.3 Å². The number of halogens is 3. The molecule has 3 N–H and O–H groups in total. The number of hydrogen-bond donors (Lipinski definition) is 3. The minimum Gasteiger partial charge on any atom is -0.362 e. The van der Waals surface area contributed by atoms with Gasteiger partial charge in [-0.05, 0) is 56.4 Å². The smallest absolute Gasteiger partial charge is 0.362 e. The van der Waals surface area contributed by atoms with Crippen molar-refractivity contribution in [1.29, 1.82) is 5.41 Å².